The van der Waals surface area contributed by atoms with Crippen LogP contribution in [0.3, 0.4) is 0 Å². The summed E-state index contributed by atoms with van der Waals surface area (Å²) in [6, 6.07) is 9.08. The standard InChI is InChI=1S/C21H26F3N5O.HI/c1-15-14-29(9-10-30-15)19-8-5-17(12-26-19)13-28-20(25-2)27-11-16-3-6-18(7-4-16)21(22,23)24;/h3-8,12,15H,9-11,13-14H2,1-2H3,(H2,25,27,28);1H. The number of rotatable bonds is 5. The lowest BCUT2D eigenvalue weighted by Crippen LogP contribution is -2.41. The predicted octanol–water partition coefficient (Wildman–Crippen LogP) is 3.81. The lowest BCUT2D eigenvalue weighted by atomic mass is 10.1. The molecule has 1 aliphatic heterocycles. The summed E-state index contributed by atoms with van der Waals surface area (Å²) in [5.74, 6) is 1.49. The number of morpholine rings is 1. The van der Waals surface area contributed by atoms with Crippen LogP contribution < -0.4 is 15.5 Å². The monoisotopic (exact) mass is 549 g/mol. The topological polar surface area (TPSA) is 61.8 Å². The Morgan fingerprint density at radius 3 is 2.32 bits per heavy atom. The van der Waals surface area contributed by atoms with E-state index < -0.39 is 11.7 Å². The molecule has 0 amide bonds. The first kappa shape index (κ1) is 25.2. The van der Waals surface area contributed by atoms with Crippen molar-refractivity contribution in [3.8, 4) is 0 Å². The quantitative estimate of drug-likeness (QED) is 0.338. The zero-order chi connectivity index (χ0) is 21.6. The van der Waals surface area contributed by atoms with Crippen molar-refractivity contribution in [2.24, 2.45) is 4.99 Å². The lowest BCUT2D eigenvalue weighted by molar-refractivity contribution is -0.137. The number of hydrogen-bond acceptors (Lipinski definition) is 4. The minimum absolute atomic E-state index is 0. The predicted molar refractivity (Wildman–Crippen MR) is 126 cm³/mol. The fourth-order valence-electron chi connectivity index (χ4n) is 3.14. The third kappa shape index (κ3) is 7.53. The van der Waals surface area contributed by atoms with Gasteiger partial charge in [-0.05, 0) is 36.2 Å². The molecule has 2 N–H and O–H groups in total. The molecule has 1 aromatic heterocycles. The zero-order valence-corrected chi connectivity index (χ0v) is 19.8. The summed E-state index contributed by atoms with van der Waals surface area (Å²) in [5, 5.41) is 6.28. The molecule has 10 heteroatoms. The number of pyridine rings is 1. The van der Waals surface area contributed by atoms with E-state index in [9.17, 15) is 13.2 Å². The second kappa shape index (κ2) is 11.5. The number of ether oxygens (including phenoxy) is 1. The zero-order valence-electron chi connectivity index (χ0n) is 17.4. The molecule has 1 unspecified atom stereocenters. The molecule has 2 heterocycles. The van der Waals surface area contributed by atoms with Gasteiger partial charge >= 0.3 is 6.18 Å². The van der Waals surface area contributed by atoms with Crippen molar-refractivity contribution in [1.82, 2.24) is 15.6 Å². The second-order valence-electron chi connectivity index (χ2n) is 7.13. The minimum atomic E-state index is -4.33. The molecule has 0 bridgehead atoms. The van der Waals surface area contributed by atoms with Crippen LogP contribution in [0.1, 0.15) is 23.6 Å². The van der Waals surface area contributed by atoms with E-state index in [4.69, 9.17) is 4.74 Å². The molecule has 0 spiro atoms. The van der Waals surface area contributed by atoms with Crippen molar-refractivity contribution in [3.05, 3.63) is 59.3 Å². The van der Waals surface area contributed by atoms with Crippen LogP contribution in [0.5, 0.6) is 0 Å². The van der Waals surface area contributed by atoms with Gasteiger partial charge < -0.3 is 20.3 Å². The largest absolute Gasteiger partial charge is 0.416 e. The summed E-state index contributed by atoms with van der Waals surface area (Å²) >= 11 is 0. The van der Waals surface area contributed by atoms with Crippen LogP contribution in [0.4, 0.5) is 19.0 Å². The molecular formula is C21H27F3IN5O. The van der Waals surface area contributed by atoms with Gasteiger partial charge in [-0.25, -0.2) is 4.98 Å². The molecule has 1 aromatic carbocycles. The first-order valence-electron chi connectivity index (χ1n) is 9.77. The van der Waals surface area contributed by atoms with Gasteiger partial charge in [-0.3, -0.25) is 4.99 Å². The second-order valence-corrected chi connectivity index (χ2v) is 7.13. The van der Waals surface area contributed by atoms with E-state index in [1.165, 1.54) is 12.1 Å². The van der Waals surface area contributed by atoms with E-state index >= 15 is 0 Å². The molecule has 0 aliphatic carbocycles. The summed E-state index contributed by atoms with van der Waals surface area (Å²) < 4.78 is 43.5. The molecule has 6 nitrogen and oxygen atoms in total. The van der Waals surface area contributed by atoms with E-state index in [1.54, 1.807) is 7.05 Å². The Labute approximate surface area is 197 Å². The maximum atomic E-state index is 12.6. The van der Waals surface area contributed by atoms with Gasteiger partial charge in [0.1, 0.15) is 5.82 Å². The number of halogens is 4. The molecule has 1 atom stereocenters. The molecule has 2 aromatic rings. The molecular weight excluding hydrogens is 522 g/mol. The van der Waals surface area contributed by atoms with Crippen molar-refractivity contribution in [3.63, 3.8) is 0 Å². The van der Waals surface area contributed by atoms with Crippen LogP contribution in [0, 0.1) is 0 Å². The Hall–Kier alpha value is -2.08. The average Bonchev–Trinajstić information content (AvgIpc) is 2.74. The molecule has 1 aliphatic rings. The van der Waals surface area contributed by atoms with Gasteiger partial charge in [0.15, 0.2) is 5.96 Å². The maximum Gasteiger partial charge on any atom is 0.416 e. The van der Waals surface area contributed by atoms with E-state index in [0.29, 0.717) is 25.7 Å². The van der Waals surface area contributed by atoms with Gasteiger partial charge in [0.25, 0.3) is 0 Å². The smallest absolute Gasteiger partial charge is 0.375 e. The van der Waals surface area contributed by atoms with Crippen LogP contribution >= 0.6 is 24.0 Å². The van der Waals surface area contributed by atoms with Crippen LogP contribution in [0.2, 0.25) is 0 Å². The third-order valence-corrected chi connectivity index (χ3v) is 4.80. The third-order valence-electron chi connectivity index (χ3n) is 4.80. The highest BCUT2D eigenvalue weighted by Gasteiger charge is 2.29. The summed E-state index contributed by atoms with van der Waals surface area (Å²) in [7, 11) is 1.64. The number of anilines is 1. The SMILES string of the molecule is CN=C(NCc1ccc(C(F)(F)F)cc1)NCc1ccc(N2CCOC(C)C2)nc1.I. The highest BCUT2D eigenvalue weighted by atomic mass is 127. The van der Waals surface area contributed by atoms with E-state index in [0.717, 1.165) is 42.2 Å². The van der Waals surface area contributed by atoms with Gasteiger partial charge in [-0.15, -0.1) is 24.0 Å². The number of aromatic nitrogens is 1. The summed E-state index contributed by atoms with van der Waals surface area (Å²) in [6.07, 6.45) is -2.31. The highest BCUT2D eigenvalue weighted by molar-refractivity contribution is 14.0. The molecule has 1 saturated heterocycles. The van der Waals surface area contributed by atoms with E-state index in [2.05, 4.69) is 25.5 Å². The number of benzene rings is 1. The van der Waals surface area contributed by atoms with Crippen LogP contribution in [0.15, 0.2) is 47.6 Å². The van der Waals surface area contributed by atoms with Crippen molar-refractivity contribution in [2.75, 3.05) is 31.6 Å². The van der Waals surface area contributed by atoms with Crippen LogP contribution in [0.25, 0.3) is 0 Å². The van der Waals surface area contributed by atoms with Gasteiger partial charge in [0.2, 0.25) is 0 Å². The van der Waals surface area contributed by atoms with E-state index in [-0.39, 0.29) is 30.1 Å². The van der Waals surface area contributed by atoms with Crippen LogP contribution in [-0.4, -0.2) is 43.8 Å². The number of nitrogens with one attached hydrogen (secondary N) is 2. The number of alkyl halides is 3. The highest BCUT2D eigenvalue weighted by Crippen LogP contribution is 2.29. The van der Waals surface area contributed by atoms with E-state index in [1.807, 2.05) is 25.3 Å². The maximum absolute atomic E-state index is 12.6. The molecule has 3 rings (SSSR count). The fraction of sp³-hybridized carbons (Fsp3) is 0.429. The van der Waals surface area contributed by atoms with Crippen molar-refractivity contribution in [1.29, 1.82) is 0 Å². The lowest BCUT2D eigenvalue weighted by Gasteiger charge is -2.32. The molecule has 31 heavy (non-hydrogen) atoms. The number of guanidine groups is 1. The summed E-state index contributed by atoms with van der Waals surface area (Å²) in [4.78, 5) is 10.9. The number of hydrogen-bond donors (Lipinski definition) is 2. The van der Waals surface area contributed by atoms with Gasteiger partial charge in [0, 0.05) is 39.4 Å². The van der Waals surface area contributed by atoms with Crippen molar-refractivity contribution < 1.29 is 17.9 Å². The molecule has 170 valence electrons. The first-order chi connectivity index (χ1) is 14.3. The van der Waals surface area contributed by atoms with Crippen molar-refractivity contribution in [2.45, 2.75) is 32.3 Å². The first-order valence-corrected chi connectivity index (χ1v) is 9.77. The fourth-order valence-corrected chi connectivity index (χ4v) is 3.14. The van der Waals surface area contributed by atoms with Crippen LogP contribution in [-0.2, 0) is 24.0 Å². The minimum Gasteiger partial charge on any atom is -0.375 e. The molecule has 0 radical (unpaired) electrons. The molecule has 1 fully saturated rings. The Balaban J connectivity index is 0.00000341. The summed E-state index contributed by atoms with van der Waals surface area (Å²) in [5.41, 5.74) is 1.07. The van der Waals surface area contributed by atoms with Gasteiger partial charge in [-0.2, -0.15) is 13.2 Å². The Bertz CT molecular complexity index is 844. The molecule has 0 saturated carbocycles. The number of aliphatic imine (C=N–C) groups is 1. The Morgan fingerprint density at radius 2 is 1.77 bits per heavy atom. The Morgan fingerprint density at radius 1 is 1.13 bits per heavy atom. The Kier molecular flexibility index (Phi) is 9.35. The van der Waals surface area contributed by atoms with Crippen molar-refractivity contribution >= 4 is 35.8 Å². The average molecular weight is 549 g/mol. The normalized spacial score (nSPS) is 17.1. The van der Waals surface area contributed by atoms with Gasteiger partial charge in [-0.1, -0.05) is 18.2 Å². The van der Waals surface area contributed by atoms with Gasteiger partial charge in [0.05, 0.1) is 18.3 Å². The summed E-state index contributed by atoms with van der Waals surface area (Å²) in [6.45, 7) is 5.30. The number of nitrogens with zero attached hydrogens (tertiary/aromatic N) is 3.